The van der Waals surface area contributed by atoms with Gasteiger partial charge in [-0.3, -0.25) is 0 Å². The third-order valence-corrected chi connectivity index (χ3v) is 1.99. The number of aromatic nitrogens is 3. The maximum Gasteiger partial charge on any atom is 0.314 e. The zero-order valence-electron chi connectivity index (χ0n) is 7.15. The number of halogens is 3. The Balaban J connectivity index is 2.28. The van der Waals surface area contributed by atoms with Gasteiger partial charge >= 0.3 is 6.43 Å². The van der Waals surface area contributed by atoms with Crippen molar-refractivity contribution in [1.82, 2.24) is 15.2 Å². The van der Waals surface area contributed by atoms with Gasteiger partial charge in [0, 0.05) is 0 Å². The highest BCUT2D eigenvalue weighted by atomic mass is 79.9. The predicted molar refractivity (Wildman–Crippen MR) is 47.4 cm³/mol. The lowest BCUT2D eigenvalue weighted by Crippen LogP contribution is -1.81. The Kier molecular flexibility index (Phi) is 2.76. The summed E-state index contributed by atoms with van der Waals surface area (Å²) in [5.74, 6) is -0.406. The van der Waals surface area contributed by atoms with Crippen molar-refractivity contribution in [2.24, 2.45) is 0 Å². The Morgan fingerprint density at radius 3 is 2.73 bits per heavy atom. The summed E-state index contributed by atoms with van der Waals surface area (Å²) in [6.45, 7) is 0. The molecule has 2 aromatic rings. The average molecular weight is 280 g/mol. The van der Waals surface area contributed by atoms with E-state index in [0.29, 0.717) is 11.2 Å². The molecule has 5 nitrogen and oxygen atoms in total. The van der Waals surface area contributed by atoms with Crippen LogP contribution in [0.4, 0.5) is 8.78 Å². The Bertz CT molecular complexity index is 457. The molecule has 0 bridgehead atoms. The van der Waals surface area contributed by atoms with Crippen LogP contribution in [0.25, 0.3) is 11.6 Å². The van der Waals surface area contributed by atoms with Crippen molar-refractivity contribution in [2.45, 2.75) is 11.8 Å². The van der Waals surface area contributed by atoms with Crippen LogP contribution in [-0.2, 0) is 5.33 Å². The zero-order valence-corrected chi connectivity index (χ0v) is 8.74. The van der Waals surface area contributed by atoms with Crippen LogP contribution in [0.3, 0.4) is 0 Å². The number of alkyl halides is 3. The third kappa shape index (κ3) is 2.04. The molecule has 0 spiro atoms. The molecule has 8 heteroatoms. The minimum atomic E-state index is -2.78. The topological polar surface area (TPSA) is 65.0 Å². The van der Waals surface area contributed by atoms with Gasteiger partial charge in [-0.25, -0.2) is 4.98 Å². The van der Waals surface area contributed by atoms with E-state index in [4.69, 9.17) is 4.42 Å². The van der Waals surface area contributed by atoms with Crippen LogP contribution in [0.5, 0.6) is 0 Å². The van der Waals surface area contributed by atoms with Gasteiger partial charge in [0.05, 0.1) is 5.33 Å². The molecule has 2 heterocycles. The molecule has 15 heavy (non-hydrogen) atoms. The van der Waals surface area contributed by atoms with E-state index in [2.05, 4.69) is 35.5 Å². The molecule has 0 aromatic carbocycles. The van der Waals surface area contributed by atoms with Crippen LogP contribution in [0.15, 0.2) is 15.1 Å². The van der Waals surface area contributed by atoms with E-state index in [1.807, 2.05) is 0 Å². The van der Waals surface area contributed by atoms with Crippen molar-refractivity contribution in [2.75, 3.05) is 0 Å². The van der Waals surface area contributed by atoms with Crippen molar-refractivity contribution in [3.8, 4) is 11.6 Å². The summed E-state index contributed by atoms with van der Waals surface area (Å²) in [4.78, 5) is 3.92. The largest absolute Gasteiger partial charge is 0.447 e. The van der Waals surface area contributed by atoms with E-state index in [1.165, 1.54) is 6.26 Å². The highest BCUT2D eigenvalue weighted by Crippen LogP contribution is 2.22. The Hall–Kier alpha value is -1.31. The van der Waals surface area contributed by atoms with E-state index in [0.717, 1.165) is 0 Å². The molecule has 0 saturated carbocycles. The van der Waals surface area contributed by atoms with Crippen molar-refractivity contribution in [3.63, 3.8) is 0 Å². The summed E-state index contributed by atoms with van der Waals surface area (Å²) in [6, 6.07) is 0. The summed E-state index contributed by atoms with van der Waals surface area (Å²) in [5, 5.41) is 7.01. The molecule has 0 aliphatic rings. The van der Waals surface area contributed by atoms with Crippen molar-refractivity contribution >= 4 is 15.9 Å². The third-order valence-electron chi connectivity index (χ3n) is 1.51. The standard InChI is InChI=1S/C7H4BrF2N3O2/c8-1-4-11-3(2-14-4)6-12-13-7(15-6)5(9)10/h2,5H,1H2. The summed E-state index contributed by atoms with van der Waals surface area (Å²) >= 11 is 3.13. The van der Waals surface area contributed by atoms with Gasteiger partial charge in [0.2, 0.25) is 5.89 Å². The maximum atomic E-state index is 12.1. The van der Waals surface area contributed by atoms with Crippen LogP contribution >= 0.6 is 15.9 Å². The monoisotopic (exact) mass is 279 g/mol. The second-order valence-corrected chi connectivity index (χ2v) is 3.07. The highest BCUT2D eigenvalue weighted by Gasteiger charge is 2.18. The molecule has 2 aromatic heterocycles. The van der Waals surface area contributed by atoms with Crippen LogP contribution in [0.1, 0.15) is 18.2 Å². The quantitative estimate of drug-likeness (QED) is 0.808. The number of hydrogen-bond acceptors (Lipinski definition) is 5. The summed E-state index contributed by atoms with van der Waals surface area (Å²) < 4.78 is 33.9. The summed E-state index contributed by atoms with van der Waals surface area (Å²) in [7, 11) is 0. The molecule has 0 aliphatic carbocycles. The second-order valence-electron chi connectivity index (χ2n) is 2.51. The molecule has 0 saturated heterocycles. The van der Waals surface area contributed by atoms with Crippen LogP contribution in [0, 0.1) is 0 Å². The van der Waals surface area contributed by atoms with Gasteiger partial charge in [-0.2, -0.15) is 8.78 Å². The normalized spacial score (nSPS) is 11.2. The first-order valence-corrected chi connectivity index (χ1v) is 4.95. The Morgan fingerprint density at radius 2 is 2.20 bits per heavy atom. The fourth-order valence-corrected chi connectivity index (χ4v) is 1.15. The number of rotatable bonds is 3. The predicted octanol–water partition coefficient (Wildman–Crippen LogP) is 2.56. The Morgan fingerprint density at radius 1 is 1.40 bits per heavy atom. The SMILES string of the molecule is FC(F)c1nnc(-c2coc(CBr)n2)o1. The molecule has 0 fully saturated rings. The van der Waals surface area contributed by atoms with Gasteiger partial charge in [-0.05, 0) is 0 Å². The molecule has 0 amide bonds. The lowest BCUT2D eigenvalue weighted by molar-refractivity contribution is 0.116. The molecule has 2 rings (SSSR count). The van der Waals surface area contributed by atoms with E-state index in [9.17, 15) is 8.78 Å². The lowest BCUT2D eigenvalue weighted by atomic mass is 10.5. The number of nitrogens with zero attached hydrogens (tertiary/aromatic N) is 3. The van der Waals surface area contributed by atoms with E-state index < -0.39 is 12.3 Å². The van der Waals surface area contributed by atoms with Gasteiger partial charge in [0.15, 0.2) is 5.69 Å². The van der Waals surface area contributed by atoms with Gasteiger partial charge < -0.3 is 8.83 Å². The zero-order chi connectivity index (χ0) is 10.8. The van der Waals surface area contributed by atoms with Gasteiger partial charge in [-0.15, -0.1) is 10.2 Å². The van der Waals surface area contributed by atoms with E-state index >= 15 is 0 Å². The van der Waals surface area contributed by atoms with Crippen LogP contribution in [0.2, 0.25) is 0 Å². The molecule has 0 atom stereocenters. The molecule has 0 unspecified atom stereocenters. The average Bonchev–Trinajstić information content (AvgIpc) is 2.86. The van der Waals surface area contributed by atoms with Gasteiger partial charge in [0.25, 0.3) is 11.8 Å². The first kappa shape index (κ1) is 10.2. The summed E-state index contributed by atoms with van der Waals surface area (Å²) in [5.41, 5.74) is 0.240. The number of hydrogen-bond donors (Lipinski definition) is 0. The smallest absolute Gasteiger partial charge is 0.314 e. The molecule has 0 N–H and O–H groups in total. The Labute approximate surface area is 90.6 Å². The van der Waals surface area contributed by atoms with Gasteiger partial charge in [-0.1, -0.05) is 15.9 Å². The van der Waals surface area contributed by atoms with Crippen molar-refractivity contribution < 1.29 is 17.6 Å². The fraction of sp³-hybridized carbons (Fsp3) is 0.286. The molecular weight excluding hydrogens is 276 g/mol. The fourth-order valence-electron chi connectivity index (χ4n) is 0.897. The van der Waals surface area contributed by atoms with Gasteiger partial charge in [0.1, 0.15) is 6.26 Å². The minimum absolute atomic E-state index is 0.0822. The highest BCUT2D eigenvalue weighted by molar-refractivity contribution is 9.08. The molecular formula is C7H4BrF2N3O2. The van der Waals surface area contributed by atoms with Crippen molar-refractivity contribution in [1.29, 1.82) is 0 Å². The van der Waals surface area contributed by atoms with E-state index in [-0.39, 0.29) is 11.6 Å². The molecule has 0 radical (unpaired) electrons. The van der Waals surface area contributed by atoms with Crippen LogP contribution in [-0.4, -0.2) is 15.2 Å². The number of oxazole rings is 1. The molecule has 80 valence electrons. The van der Waals surface area contributed by atoms with Crippen LogP contribution < -0.4 is 0 Å². The first-order chi connectivity index (χ1) is 7.20. The molecule has 0 aliphatic heterocycles. The maximum absolute atomic E-state index is 12.1. The minimum Gasteiger partial charge on any atom is -0.447 e. The summed E-state index contributed by atoms with van der Waals surface area (Å²) in [6.07, 6.45) is -1.52. The lowest BCUT2D eigenvalue weighted by Gasteiger charge is -1.86. The van der Waals surface area contributed by atoms with Crippen molar-refractivity contribution in [3.05, 3.63) is 18.0 Å². The first-order valence-electron chi connectivity index (χ1n) is 3.83. The second kappa shape index (κ2) is 4.05. The van der Waals surface area contributed by atoms with E-state index in [1.54, 1.807) is 0 Å².